The van der Waals surface area contributed by atoms with E-state index in [9.17, 15) is 30.3 Å². The van der Waals surface area contributed by atoms with Gasteiger partial charge in [0.1, 0.15) is 11.5 Å². The highest BCUT2D eigenvalue weighted by Crippen LogP contribution is 2.39. The molecule has 0 aliphatic heterocycles. The normalized spacial score (nSPS) is 12.6. The number of aromatic hydroxyl groups is 2. The van der Waals surface area contributed by atoms with Gasteiger partial charge < -0.3 is 25.5 Å². The fraction of sp³-hybridized carbons (Fsp3) is 0.205. The van der Waals surface area contributed by atoms with Crippen LogP contribution in [0.5, 0.6) is 23.0 Å². The van der Waals surface area contributed by atoms with Gasteiger partial charge in [0, 0.05) is 25.7 Å². The number of aryl methyl sites for hydroxylation is 3. The van der Waals surface area contributed by atoms with Gasteiger partial charge in [0.2, 0.25) is 0 Å². The van der Waals surface area contributed by atoms with Crippen molar-refractivity contribution in [3.05, 3.63) is 140 Å². The summed E-state index contributed by atoms with van der Waals surface area (Å²) in [7, 11) is 0. The molecule has 6 nitrogen and oxygen atoms in total. The monoisotopic (exact) mass is 598 g/mol. The second-order valence-corrected chi connectivity index (χ2v) is 12.2. The Hall–Kier alpha value is -5.23. The smallest absolute Gasteiger partial charge is 0.335 e. The summed E-state index contributed by atoms with van der Waals surface area (Å²) < 4.78 is 0. The van der Waals surface area contributed by atoms with Gasteiger partial charge in [0.15, 0.2) is 0 Å². The van der Waals surface area contributed by atoms with Crippen molar-refractivity contribution in [2.45, 2.75) is 52.9 Å². The number of rotatable bonds is 3. The van der Waals surface area contributed by atoms with Gasteiger partial charge in [-0.2, -0.15) is 0 Å². The van der Waals surface area contributed by atoms with Crippen LogP contribution in [-0.2, 0) is 32.1 Å². The summed E-state index contributed by atoms with van der Waals surface area (Å²) in [5, 5.41) is 60.6. The molecule has 0 unspecified atom stereocenters. The standard InChI is InChI=1S/C39H36O6/c1-4-23-5-7-24(8-6-23)25-13-30-16-28-11-21(2)9-26(35(28)40)15-27-10-22(3)12-29(36(27)41)17-32-19-34(39(44)45)20-33(38(32)43)18-31(14-25)37(30)42/h5-14,19-20,40-43H,4,15-18H2,1-3H3,(H,44,45)/p-2. The summed E-state index contributed by atoms with van der Waals surface area (Å²) in [6.45, 7) is 5.89. The molecular weight excluding hydrogens is 564 g/mol. The van der Waals surface area contributed by atoms with Crippen molar-refractivity contribution in [1.82, 2.24) is 0 Å². The van der Waals surface area contributed by atoms with Crippen molar-refractivity contribution >= 4 is 5.97 Å². The number of aromatic carboxylic acids is 1. The minimum Gasteiger partial charge on any atom is -0.872 e. The van der Waals surface area contributed by atoms with Crippen LogP contribution in [0.2, 0.25) is 0 Å². The van der Waals surface area contributed by atoms with Gasteiger partial charge in [0.05, 0.1) is 5.56 Å². The molecule has 0 heterocycles. The predicted molar refractivity (Wildman–Crippen MR) is 170 cm³/mol. The van der Waals surface area contributed by atoms with E-state index < -0.39 is 5.97 Å². The average molecular weight is 599 g/mol. The molecule has 0 spiro atoms. The Labute approximate surface area is 262 Å². The number of carboxylic acid groups (broad SMARTS) is 1. The first kappa shape index (κ1) is 29.8. The molecule has 1 aliphatic carbocycles. The van der Waals surface area contributed by atoms with Crippen molar-refractivity contribution in [3.8, 4) is 34.1 Å². The molecule has 0 aromatic heterocycles. The SMILES string of the molecule is CCc1ccc(-c2cc3c(O)c(c2)Cc2cc(C(=O)O)cc(c2[O-])Cc2cc(C)cc(c2O)Cc2cc(C)cc(c2[O-])C3)cc1. The van der Waals surface area contributed by atoms with Crippen molar-refractivity contribution < 1.29 is 30.3 Å². The molecule has 5 aromatic rings. The van der Waals surface area contributed by atoms with E-state index in [0.717, 1.165) is 28.7 Å². The molecule has 6 heteroatoms. The van der Waals surface area contributed by atoms with E-state index in [1.807, 2.05) is 68.4 Å². The maximum absolute atomic E-state index is 13.9. The molecule has 0 fully saturated rings. The maximum atomic E-state index is 13.9. The quantitative estimate of drug-likeness (QED) is 0.215. The molecule has 5 aromatic carbocycles. The number of hydrogen-bond donors (Lipinski definition) is 3. The third-order valence-corrected chi connectivity index (χ3v) is 8.78. The predicted octanol–water partition coefficient (Wildman–Crippen LogP) is 6.47. The van der Waals surface area contributed by atoms with E-state index in [0.29, 0.717) is 33.4 Å². The second kappa shape index (κ2) is 11.7. The minimum atomic E-state index is -1.17. The molecule has 0 atom stereocenters. The molecule has 6 rings (SSSR count). The van der Waals surface area contributed by atoms with Crippen LogP contribution in [0.4, 0.5) is 0 Å². The van der Waals surface area contributed by atoms with E-state index in [2.05, 4.69) is 6.92 Å². The first-order chi connectivity index (χ1) is 21.5. The Morgan fingerprint density at radius 2 is 0.978 bits per heavy atom. The largest absolute Gasteiger partial charge is 0.872 e. The second-order valence-electron chi connectivity index (χ2n) is 12.2. The van der Waals surface area contributed by atoms with Crippen molar-refractivity contribution in [1.29, 1.82) is 0 Å². The molecule has 0 radical (unpaired) electrons. The van der Waals surface area contributed by atoms with Gasteiger partial charge in [-0.25, -0.2) is 4.79 Å². The van der Waals surface area contributed by atoms with Gasteiger partial charge in [-0.1, -0.05) is 88.8 Å². The number of phenols is 2. The molecule has 0 saturated heterocycles. The summed E-state index contributed by atoms with van der Waals surface area (Å²) in [6.07, 6.45) is 1.23. The zero-order valence-corrected chi connectivity index (χ0v) is 25.5. The fourth-order valence-electron chi connectivity index (χ4n) is 6.49. The molecular formula is C39H34O6-2. The molecule has 8 bridgehead atoms. The van der Waals surface area contributed by atoms with Crippen LogP contribution >= 0.6 is 0 Å². The number of carbonyl (C=O) groups is 1. The minimum absolute atomic E-state index is 0.0117. The van der Waals surface area contributed by atoms with Gasteiger partial charge in [0.25, 0.3) is 0 Å². The summed E-state index contributed by atoms with van der Waals surface area (Å²) in [4.78, 5) is 12.2. The lowest BCUT2D eigenvalue weighted by molar-refractivity contribution is -0.271. The number of fused-ring (bicyclic) bond motifs is 8. The zero-order chi connectivity index (χ0) is 32.0. The Kier molecular flexibility index (Phi) is 7.75. The fourth-order valence-corrected chi connectivity index (χ4v) is 6.49. The van der Waals surface area contributed by atoms with Gasteiger partial charge in [-0.05, 0) is 83.5 Å². The maximum Gasteiger partial charge on any atom is 0.335 e. The van der Waals surface area contributed by atoms with E-state index in [1.54, 1.807) is 6.07 Å². The third kappa shape index (κ3) is 5.84. The molecule has 3 N–H and O–H groups in total. The molecule has 228 valence electrons. The van der Waals surface area contributed by atoms with Crippen LogP contribution in [0.15, 0.2) is 72.8 Å². The van der Waals surface area contributed by atoms with Crippen molar-refractivity contribution in [3.63, 3.8) is 0 Å². The van der Waals surface area contributed by atoms with Crippen LogP contribution in [0.25, 0.3) is 11.1 Å². The van der Waals surface area contributed by atoms with Crippen LogP contribution in [0, 0.1) is 13.8 Å². The van der Waals surface area contributed by atoms with Crippen LogP contribution in [0.1, 0.15) is 78.5 Å². The lowest BCUT2D eigenvalue weighted by atomic mass is 9.88. The highest BCUT2D eigenvalue weighted by Gasteiger charge is 2.19. The van der Waals surface area contributed by atoms with Crippen LogP contribution < -0.4 is 10.2 Å². The first-order valence-electron chi connectivity index (χ1n) is 15.1. The lowest BCUT2D eigenvalue weighted by Gasteiger charge is -2.25. The number of benzene rings is 5. The van der Waals surface area contributed by atoms with E-state index >= 15 is 0 Å². The highest BCUT2D eigenvalue weighted by molar-refractivity contribution is 5.88. The van der Waals surface area contributed by atoms with Crippen LogP contribution in [0.3, 0.4) is 0 Å². The van der Waals surface area contributed by atoms with Gasteiger partial charge >= 0.3 is 5.97 Å². The van der Waals surface area contributed by atoms with E-state index in [-0.39, 0.29) is 65.4 Å². The zero-order valence-electron chi connectivity index (χ0n) is 25.5. The molecule has 45 heavy (non-hydrogen) atoms. The summed E-state index contributed by atoms with van der Waals surface area (Å²) in [5.41, 5.74) is 8.15. The Morgan fingerprint density at radius 1 is 0.600 bits per heavy atom. The molecule has 0 amide bonds. The number of carboxylic acids is 1. The molecule has 1 aliphatic rings. The Morgan fingerprint density at radius 3 is 1.38 bits per heavy atom. The lowest BCUT2D eigenvalue weighted by Crippen LogP contribution is -2.09. The summed E-state index contributed by atoms with van der Waals surface area (Å²) >= 11 is 0. The molecule has 0 saturated carbocycles. The number of hydrogen-bond acceptors (Lipinski definition) is 5. The Balaban J connectivity index is 1.62. The topological polar surface area (TPSA) is 124 Å². The van der Waals surface area contributed by atoms with Gasteiger partial charge in [-0.15, -0.1) is 11.5 Å². The Bertz CT molecular complexity index is 1970. The third-order valence-electron chi connectivity index (χ3n) is 8.78. The first-order valence-corrected chi connectivity index (χ1v) is 15.1. The highest BCUT2D eigenvalue weighted by atomic mass is 16.4. The number of phenolic OH excluding ortho intramolecular Hbond substituents is 2. The van der Waals surface area contributed by atoms with Crippen molar-refractivity contribution in [2.24, 2.45) is 0 Å². The van der Waals surface area contributed by atoms with Crippen LogP contribution in [-0.4, -0.2) is 21.3 Å². The summed E-state index contributed by atoms with van der Waals surface area (Å²) in [6, 6.07) is 21.8. The van der Waals surface area contributed by atoms with Gasteiger partial charge in [-0.3, -0.25) is 0 Å². The summed E-state index contributed by atoms with van der Waals surface area (Å²) in [5.74, 6) is -1.70. The van der Waals surface area contributed by atoms with E-state index in [4.69, 9.17) is 0 Å². The van der Waals surface area contributed by atoms with Crippen molar-refractivity contribution in [2.75, 3.05) is 0 Å². The van der Waals surface area contributed by atoms with E-state index in [1.165, 1.54) is 17.7 Å². The average Bonchev–Trinajstić information content (AvgIpc) is 3.00.